The maximum atomic E-state index is 11.2. The molecule has 1 amide bonds. The van der Waals surface area contributed by atoms with Crippen LogP contribution in [0.25, 0.3) is 10.8 Å². The SMILES string of the molecule is NC(=O)c1ccc(Oc2cccc3c(NCc4ccccc4)cccc23)nc1. The zero-order valence-corrected chi connectivity index (χ0v) is 15.1. The van der Waals surface area contributed by atoms with Gasteiger partial charge in [0, 0.05) is 35.3 Å². The Bertz CT molecular complexity index is 1110. The summed E-state index contributed by atoms with van der Waals surface area (Å²) in [5, 5.41) is 5.53. The Balaban J connectivity index is 1.60. The second kappa shape index (κ2) is 7.80. The molecular formula is C23H19N3O2. The molecule has 3 aromatic carbocycles. The van der Waals surface area contributed by atoms with E-state index in [0.717, 1.165) is 23.0 Å². The van der Waals surface area contributed by atoms with Crippen LogP contribution in [0.15, 0.2) is 85.1 Å². The van der Waals surface area contributed by atoms with Crippen LogP contribution in [0.4, 0.5) is 5.69 Å². The lowest BCUT2D eigenvalue weighted by atomic mass is 10.1. The molecule has 5 nitrogen and oxygen atoms in total. The van der Waals surface area contributed by atoms with E-state index in [1.54, 1.807) is 12.1 Å². The van der Waals surface area contributed by atoms with Crippen LogP contribution in [0.1, 0.15) is 15.9 Å². The third-order valence-electron chi connectivity index (χ3n) is 4.44. The molecule has 0 aliphatic carbocycles. The number of fused-ring (bicyclic) bond motifs is 1. The topological polar surface area (TPSA) is 77.2 Å². The second-order valence-electron chi connectivity index (χ2n) is 6.35. The van der Waals surface area contributed by atoms with Crippen molar-refractivity contribution in [2.45, 2.75) is 6.54 Å². The molecule has 1 heterocycles. The number of nitrogens with two attached hydrogens (primary N) is 1. The first-order valence-electron chi connectivity index (χ1n) is 8.94. The monoisotopic (exact) mass is 369 g/mol. The van der Waals surface area contributed by atoms with Crippen LogP contribution in [0.5, 0.6) is 11.6 Å². The standard InChI is InChI=1S/C23H19N3O2/c24-23(27)17-12-13-22(26-15-17)28-21-11-5-8-18-19(21)9-4-10-20(18)25-14-16-6-2-1-3-7-16/h1-13,15,25H,14H2,(H2,24,27). The Hall–Kier alpha value is -3.86. The smallest absolute Gasteiger partial charge is 0.250 e. The molecule has 0 saturated heterocycles. The van der Waals surface area contributed by atoms with Crippen LogP contribution < -0.4 is 15.8 Å². The van der Waals surface area contributed by atoms with Crippen LogP contribution in [-0.2, 0) is 6.54 Å². The number of anilines is 1. The lowest BCUT2D eigenvalue weighted by Crippen LogP contribution is -2.10. The number of hydrogen-bond donors (Lipinski definition) is 2. The van der Waals surface area contributed by atoms with E-state index >= 15 is 0 Å². The van der Waals surface area contributed by atoms with Gasteiger partial charge in [-0.2, -0.15) is 0 Å². The van der Waals surface area contributed by atoms with E-state index in [2.05, 4.69) is 34.6 Å². The van der Waals surface area contributed by atoms with Crippen molar-refractivity contribution in [3.05, 3.63) is 96.2 Å². The highest BCUT2D eigenvalue weighted by atomic mass is 16.5. The molecule has 0 spiro atoms. The zero-order chi connectivity index (χ0) is 19.3. The minimum Gasteiger partial charge on any atom is -0.438 e. The summed E-state index contributed by atoms with van der Waals surface area (Å²) in [7, 11) is 0. The molecule has 0 bridgehead atoms. The van der Waals surface area contributed by atoms with Gasteiger partial charge in [-0.15, -0.1) is 0 Å². The Morgan fingerprint density at radius 1 is 0.893 bits per heavy atom. The third kappa shape index (κ3) is 3.78. The van der Waals surface area contributed by atoms with Crippen LogP contribution in [0.3, 0.4) is 0 Å². The van der Waals surface area contributed by atoms with E-state index in [1.165, 1.54) is 11.8 Å². The van der Waals surface area contributed by atoms with E-state index in [4.69, 9.17) is 10.5 Å². The van der Waals surface area contributed by atoms with Gasteiger partial charge >= 0.3 is 0 Å². The summed E-state index contributed by atoms with van der Waals surface area (Å²) in [5.74, 6) is 0.582. The number of nitrogens with zero attached hydrogens (tertiary/aromatic N) is 1. The summed E-state index contributed by atoms with van der Waals surface area (Å²) in [4.78, 5) is 15.3. The van der Waals surface area contributed by atoms with Crippen LogP contribution in [-0.4, -0.2) is 10.9 Å². The highest BCUT2D eigenvalue weighted by Gasteiger charge is 2.08. The van der Waals surface area contributed by atoms with Gasteiger partial charge in [0.05, 0.1) is 5.56 Å². The van der Waals surface area contributed by atoms with E-state index in [0.29, 0.717) is 17.2 Å². The van der Waals surface area contributed by atoms with Crippen LogP contribution >= 0.6 is 0 Å². The van der Waals surface area contributed by atoms with Crippen molar-refractivity contribution < 1.29 is 9.53 Å². The maximum absolute atomic E-state index is 11.2. The number of pyridine rings is 1. The summed E-state index contributed by atoms with van der Waals surface area (Å²) in [6, 6.07) is 25.4. The van der Waals surface area contributed by atoms with Gasteiger partial charge in [0.25, 0.3) is 0 Å². The molecule has 0 unspecified atom stereocenters. The highest BCUT2D eigenvalue weighted by molar-refractivity contribution is 5.97. The highest BCUT2D eigenvalue weighted by Crippen LogP contribution is 2.33. The van der Waals surface area contributed by atoms with Gasteiger partial charge in [0.15, 0.2) is 0 Å². The van der Waals surface area contributed by atoms with Crippen molar-refractivity contribution in [1.29, 1.82) is 0 Å². The molecule has 28 heavy (non-hydrogen) atoms. The molecule has 5 heteroatoms. The number of carbonyl (C=O) groups excluding carboxylic acids is 1. The molecule has 0 aliphatic heterocycles. The van der Waals surface area contributed by atoms with E-state index in [-0.39, 0.29) is 0 Å². The molecule has 3 N–H and O–H groups in total. The quantitative estimate of drug-likeness (QED) is 0.515. The van der Waals surface area contributed by atoms with Gasteiger partial charge in [-0.25, -0.2) is 4.98 Å². The van der Waals surface area contributed by atoms with Gasteiger partial charge in [-0.05, 0) is 23.8 Å². The fourth-order valence-electron chi connectivity index (χ4n) is 3.02. The average molecular weight is 369 g/mol. The molecule has 0 aliphatic rings. The molecular weight excluding hydrogens is 350 g/mol. The maximum Gasteiger partial charge on any atom is 0.250 e. The first-order chi connectivity index (χ1) is 13.7. The lowest BCUT2D eigenvalue weighted by Gasteiger charge is -2.13. The fraction of sp³-hybridized carbons (Fsp3) is 0.0435. The van der Waals surface area contributed by atoms with E-state index in [1.807, 2.05) is 42.5 Å². The molecule has 4 rings (SSSR count). The number of amides is 1. The van der Waals surface area contributed by atoms with Crippen molar-refractivity contribution in [2.75, 3.05) is 5.32 Å². The molecule has 0 atom stereocenters. The van der Waals surface area contributed by atoms with Gasteiger partial charge in [-0.3, -0.25) is 4.79 Å². The Morgan fingerprint density at radius 3 is 2.43 bits per heavy atom. The van der Waals surface area contributed by atoms with Crippen LogP contribution in [0.2, 0.25) is 0 Å². The van der Waals surface area contributed by atoms with Crippen molar-refractivity contribution in [3.63, 3.8) is 0 Å². The Kier molecular flexibility index (Phi) is 4.89. The van der Waals surface area contributed by atoms with Gasteiger partial charge in [0.2, 0.25) is 11.8 Å². The predicted octanol–water partition coefficient (Wildman–Crippen LogP) is 4.74. The van der Waals surface area contributed by atoms with Gasteiger partial charge in [-0.1, -0.05) is 54.6 Å². The summed E-state index contributed by atoms with van der Waals surface area (Å²) in [6.45, 7) is 0.737. The number of benzene rings is 3. The molecule has 1 aromatic heterocycles. The Morgan fingerprint density at radius 2 is 1.68 bits per heavy atom. The summed E-state index contributed by atoms with van der Waals surface area (Å²) in [6.07, 6.45) is 1.41. The largest absolute Gasteiger partial charge is 0.438 e. The molecule has 0 saturated carbocycles. The average Bonchev–Trinajstić information content (AvgIpc) is 2.73. The molecule has 0 radical (unpaired) electrons. The van der Waals surface area contributed by atoms with Crippen LogP contribution in [0, 0.1) is 0 Å². The van der Waals surface area contributed by atoms with Gasteiger partial charge < -0.3 is 15.8 Å². The Labute approximate surface area is 162 Å². The molecule has 138 valence electrons. The predicted molar refractivity (Wildman–Crippen MR) is 111 cm³/mol. The number of aromatic nitrogens is 1. The summed E-state index contributed by atoms with van der Waals surface area (Å²) < 4.78 is 5.95. The molecule has 4 aromatic rings. The molecule has 0 fully saturated rings. The number of carbonyl (C=O) groups is 1. The normalized spacial score (nSPS) is 10.6. The fourth-order valence-corrected chi connectivity index (χ4v) is 3.02. The summed E-state index contributed by atoms with van der Waals surface area (Å²) in [5.41, 5.74) is 7.84. The third-order valence-corrected chi connectivity index (χ3v) is 4.44. The van der Waals surface area contributed by atoms with Crippen molar-refractivity contribution >= 4 is 22.4 Å². The minimum atomic E-state index is -0.515. The summed E-state index contributed by atoms with van der Waals surface area (Å²) >= 11 is 0. The first-order valence-corrected chi connectivity index (χ1v) is 8.94. The second-order valence-corrected chi connectivity index (χ2v) is 6.35. The first kappa shape index (κ1) is 17.5. The number of primary amides is 1. The number of hydrogen-bond acceptors (Lipinski definition) is 4. The zero-order valence-electron chi connectivity index (χ0n) is 15.1. The van der Waals surface area contributed by atoms with E-state index in [9.17, 15) is 4.79 Å². The van der Waals surface area contributed by atoms with Crippen molar-refractivity contribution in [3.8, 4) is 11.6 Å². The van der Waals surface area contributed by atoms with E-state index < -0.39 is 5.91 Å². The van der Waals surface area contributed by atoms with Gasteiger partial charge in [0.1, 0.15) is 5.75 Å². The van der Waals surface area contributed by atoms with Crippen molar-refractivity contribution in [1.82, 2.24) is 4.98 Å². The number of ether oxygens (including phenoxy) is 1. The number of rotatable bonds is 6. The van der Waals surface area contributed by atoms with Crippen molar-refractivity contribution in [2.24, 2.45) is 5.73 Å². The lowest BCUT2D eigenvalue weighted by molar-refractivity contribution is 0.1000. The number of nitrogens with one attached hydrogen (secondary N) is 1. The minimum absolute atomic E-state index is 0.345.